The first kappa shape index (κ1) is 14.3. The lowest BCUT2D eigenvalue weighted by molar-refractivity contribution is 0.316. The van der Waals surface area contributed by atoms with E-state index >= 15 is 0 Å². The van der Waals surface area contributed by atoms with Crippen LogP contribution in [0.25, 0.3) is 0 Å². The van der Waals surface area contributed by atoms with Gasteiger partial charge < -0.3 is 11.1 Å². The van der Waals surface area contributed by atoms with Gasteiger partial charge in [0, 0.05) is 25.2 Å². The molecular weight excluding hydrogens is 222 g/mol. The van der Waals surface area contributed by atoms with Crippen LogP contribution in [0.4, 0.5) is 0 Å². The molecule has 3 nitrogen and oxygen atoms in total. The van der Waals surface area contributed by atoms with Crippen molar-refractivity contribution in [1.29, 1.82) is 0 Å². The first-order valence-electron chi connectivity index (χ1n) is 8.01. The summed E-state index contributed by atoms with van der Waals surface area (Å²) in [4.78, 5) is 2.68. The molecule has 3 N–H and O–H groups in total. The molecule has 18 heavy (non-hydrogen) atoms. The maximum absolute atomic E-state index is 5.64. The Morgan fingerprint density at radius 2 is 2.11 bits per heavy atom. The summed E-state index contributed by atoms with van der Waals surface area (Å²) in [7, 11) is 0. The fourth-order valence-electron chi connectivity index (χ4n) is 3.21. The molecule has 2 atom stereocenters. The Labute approximate surface area is 112 Å². The number of nitrogens with two attached hydrogens (primary N) is 1. The molecule has 0 aromatic rings. The summed E-state index contributed by atoms with van der Waals surface area (Å²) in [5.41, 5.74) is 5.64. The summed E-state index contributed by atoms with van der Waals surface area (Å²) >= 11 is 0. The third kappa shape index (κ3) is 4.52. The predicted molar refractivity (Wildman–Crippen MR) is 77.7 cm³/mol. The minimum Gasteiger partial charge on any atom is -0.330 e. The van der Waals surface area contributed by atoms with Gasteiger partial charge in [-0.25, -0.2) is 0 Å². The standard InChI is InChI=1S/C15H31N3/c1-2-13(7-9-16)4-3-10-17-14-8-11-18(12-14)15-5-6-15/h13-15,17H,2-12,16H2,1H3. The van der Waals surface area contributed by atoms with Crippen LogP contribution in [0.2, 0.25) is 0 Å². The van der Waals surface area contributed by atoms with Crippen LogP contribution in [0.3, 0.4) is 0 Å². The Hall–Kier alpha value is -0.120. The quantitative estimate of drug-likeness (QED) is 0.617. The summed E-state index contributed by atoms with van der Waals surface area (Å²) in [6.45, 7) is 6.96. The molecule has 2 aliphatic rings. The van der Waals surface area contributed by atoms with E-state index in [1.165, 1.54) is 64.6 Å². The molecule has 0 amide bonds. The minimum atomic E-state index is 0.764. The third-order valence-electron chi connectivity index (χ3n) is 4.66. The molecule has 0 spiro atoms. The molecule has 1 heterocycles. The Morgan fingerprint density at radius 3 is 2.78 bits per heavy atom. The lowest BCUT2D eigenvalue weighted by atomic mass is 9.97. The van der Waals surface area contributed by atoms with Crippen molar-refractivity contribution in [1.82, 2.24) is 10.2 Å². The lowest BCUT2D eigenvalue weighted by Crippen LogP contribution is -2.34. The molecule has 2 unspecified atom stereocenters. The number of nitrogens with zero attached hydrogens (tertiary/aromatic N) is 1. The number of hydrogen-bond acceptors (Lipinski definition) is 3. The topological polar surface area (TPSA) is 41.3 Å². The van der Waals surface area contributed by atoms with Gasteiger partial charge >= 0.3 is 0 Å². The Balaban J connectivity index is 1.50. The van der Waals surface area contributed by atoms with E-state index in [0.717, 1.165) is 24.5 Å². The first-order chi connectivity index (χ1) is 8.83. The number of likely N-dealkylation sites (tertiary alicyclic amines) is 1. The maximum atomic E-state index is 5.64. The van der Waals surface area contributed by atoms with Crippen LogP contribution >= 0.6 is 0 Å². The van der Waals surface area contributed by atoms with Gasteiger partial charge in [0.25, 0.3) is 0 Å². The van der Waals surface area contributed by atoms with Gasteiger partial charge in [-0.3, -0.25) is 4.90 Å². The molecule has 106 valence electrons. The molecule has 0 radical (unpaired) electrons. The maximum Gasteiger partial charge on any atom is 0.0207 e. The highest BCUT2D eigenvalue weighted by Crippen LogP contribution is 2.29. The van der Waals surface area contributed by atoms with Crippen LogP contribution in [-0.4, -0.2) is 43.2 Å². The van der Waals surface area contributed by atoms with Gasteiger partial charge in [0.05, 0.1) is 0 Å². The molecule has 0 aromatic carbocycles. The van der Waals surface area contributed by atoms with E-state index in [9.17, 15) is 0 Å². The van der Waals surface area contributed by atoms with Crippen molar-refractivity contribution >= 4 is 0 Å². The van der Waals surface area contributed by atoms with Crippen LogP contribution in [-0.2, 0) is 0 Å². The van der Waals surface area contributed by atoms with E-state index < -0.39 is 0 Å². The summed E-state index contributed by atoms with van der Waals surface area (Å²) in [6, 6.07) is 1.71. The summed E-state index contributed by atoms with van der Waals surface area (Å²) in [5.74, 6) is 0.850. The molecular formula is C15H31N3. The highest BCUT2D eigenvalue weighted by molar-refractivity contribution is 4.91. The predicted octanol–water partition coefficient (Wildman–Crippen LogP) is 1.97. The molecule has 2 rings (SSSR count). The van der Waals surface area contributed by atoms with Crippen molar-refractivity contribution in [3.8, 4) is 0 Å². The van der Waals surface area contributed by atoms with Gasteiger partial charge in [-0.15, -0.1) is 0 Å². The Morgan fingerprint density at radius 1 is 1.28 bits per heavy atom. The molecule has 1 saturated carbocycles. The van der Waals surface area contributed by atoms with Gasteiger partial charge in [-0.1, -0.05) is 13.3 Å². The van der Waals surface area contributed by atoms with Crippen LogP contribution in [0.5, 0.6) is 0 Å². The lowest BCUT2D eigenvalue weighted by Gasteiger charge is -2.17. The Bertz CT molecular complexity index is 228. The number of hydrogen-bond donors (Lipinski definition) is 2. The zero-order chi connectivity index (χ0) is 12.8. The molecule has 0 aromatic heterocycles. The van der Waals surface area contributed by atoms with Crippen molar-refractivity contribution in [3.05, 3.63) is 0 Å². The van der Waals surface area contributed by atoms with E-state index in [1.54, 1.807) is 0 Å². The summed E-state index contributed by atoms with van der Waals surface area (Å²) < 4.78 is 0. The van der Waals surface area contributed by atoms with Crippen LogP contribution in [0.1, 0.15) is 51.9 Å². The second-order valence-corrected chi connectivity index (χ2v) is 6.16. The molecule has 3 heteroatoms. The van der Waals surface area contributed by atoms with Crippen molar-refractivity contribution in [2.45, 2.75) is 64.0 Å². The van der Waals surface area contributed by atoms with Crippen LogP contribution in [0.15, 0.2) is 0 Å². The molecule has 1 aliphatic carbocycles. The number of nitrogens with one attached hydrogen (secondary N) is 1. The van der Waals surface area contributed by atoms with Gasteiger partial charge in [0.1, 0.15) is 0 Å². The zero-order valence-electron chi connectivity index (χ0n) is 12.0. The van der Waals surface area contributed by atoms with E-state index in [0.29, 0.717) is 0 Å². The molecule has 0 bridgehead atoms. The van der Waals surface area contributed by atoms with Crippen LogP contribution < -0.4 is 11.1 Å². The van der Waals surface area contributed by atoms with Gasteiger partial charge in [-0.05, 0) is 57.5 Å². The normalized spacial score (nSPS) is 26.7. The monoisotopic (exact) mass is 253 g/mol. The molecule has 1 aliphatic heterocycles. The smallest absolute Gasteiger partial charge is 0.0207 e. The van der Waals surface area contributed by atoms with Crippen LogP contribution in [0, 0.1) is 5.92 Å². The highest BCUT2D eigenvalue weighted by atomic mass is 15.2. The summed E-state index contributed by atoms with van der Waals surface area (Å²) in [6.07, 6.45) is 9.41. The minimum absolute atomic E-state index is 0.764. The Kier molecular flexibility index (Phi) is 5.93. The highest BCUT2D eigenvalue weighted by Gasteiger charge is 2.33. The SMILES string of the molecule is CCC(CCN)CCCNC1CCN(C2CC2)C1. The van der Waals surface area contributed by atoms with E-state index in [4.69, 9.17) is 5.73 Å². The molecule has 1 saturated heterocycles. The van der Waals surface area contributed by atoms with Gasteiger partial charge in [0.2, 0.25) is 0 Å². The van der Waals surface area contributed by atoms with Gasteiger partial charge in [-0.2, -0.15) is 0 Å². The van der Waals surface area contributed by atoms with E-state index in [2.05, 4.69) is 17.1 Å². The fraction of sp³-hybridized carbons (Fsp3) is 1.00. The average molecular weight is 253 g/mol. The fourth-order valence-corrected chi connectivity index (χ4v) is 3.21. The number of rotatable bonds is 9. The second kappa shape index (κ2) is 7.46. The zero-order valence-corrected chi connectivity index (χ0v) is 12.0. The van der Waals surface area contributed by atoms with E-state index in [-0.39, 0.29) is 0 Å². The van der Waals surface area contributed by atoms with Crippen molar-refractivity contribution in [2.24, 2.45) is 11.7 Å². The van der Waals surface area contributed by atoms with Crippen molar-refractivity contribution in [3.63, 3.8) is 0 Å². The third-order valence-corrected chi connectivity index (χ3v) is 4.66. The second-order valence-electron chi connectivity index (χ2n) is 6.16. The van der Waals surface area contributed by atoms with Gasteiger partial charge in [0.15, 0.2) is 0 Å². The van der Waals surface area contributed by atoms with Crippen molar-refractivity contribution < 1.29 is 0 Å². The van der Waals surface area contributed by atoms with E-state index in [1.807, 2.05) is 0 Å². The average Bonchev–Trinajstić information content (AvgIpc) is 3.13. The summed E-state index contributed by atoms with van der Waals surface area (Å²) in [5, 5.41) is 3.74. The molecule has 2 fully saturated rings. The first-order valence-corrected chi connectivity index (χ1v) is 8.01. The largest absolute Gasteiger partial charge is 0.330 e. The van der Waals surface area contributed by atoms with Crippen molar-refractivity contribution in [2.75, 3.05) is 26.2 Å².